The van der Waals surface area contributed by atoms with E-state index in [-0.39, 0.29) is 0 Å². The van der Waals surface area contributed by atoms with E-state index in [2.05, 4.69) is 56.5 Å². The summed E-state index contributed by atoms with van der Waals surface area (Å²) in [6.07, 6.45) is 1.10. The largest absolute Gasteiger partial charge is 0.245 e. The van der Waals surface area contributed by atoms with Gasteiger partial charge in [0.25, 0.3) is 0 Å². The second-order valence-corrected chi connectivity index (χ2v) is 8.53. The summed E-state index contributed by atoms with van der Waals surface area (Å²) in [6.45, 7) is 13.4. The lowest BCUT2D eigenvalue weighted by Gasteiger charge is -2.14. The molecule has 0 spiro atoms. The maximum Gasteiger partial charge on any atom is 0.0966 e. The highest BCUT2D eigenvalue weighted by Crippen LogP contribution is 2.26. The molecule has 0 aliphatic heterocycles. The van der Waals surface area contributed by atoms with E-state index < -0.39 is 0 Å². The Morgan fingerprint density at radius 3 is 2.11 bits per heavy atom. The normalized spacial score (nSPS) is 13.5. The molecule has 19 heavy (non-hydrogen) atoms. The van der Waals surface area contributed by atoms with Crippen molar-refractivity contribution in [3.8, 4) is 0 Å². The molecule has 0 aliphatic rings. The van der Waals surface area contributed by atoms with Crippen LogP contribution in [-0.4, -0.2) is 25.5 Å². The minimum absolute atomic E-state index is 0.438. The Labute approximate surface area is 126 Å². The van der Waals surface area contributed by atoms with Crippen molar-refractivity contribution in [2.75, 3.05) is 0 Å². The van der Waals surface area contributed by atoms with Crippen LogP contribution in [0.25, 0.3) is 0 Å². The Hall–Kier alpha value is -0.160. The van der Waals surface area contributed by atoms with Crippen LogP contribution >= 0.6 is 23.5 Å². The average Bonchev–Trinajstić information content (AvgIpc) is 2.75. The van der Waals surface area contributed by atoms with Crippen LogP contribution in [0.4, 0.5) is 0 Å². The Balaban J connectivity index is 2.86. The predicted molar refractivity (Wildman–Crippen MR) is 87.9 cm³/mol. The molecule has 1 atom stereocenters. The Morgan fingerprint density at radius 2 is 1.58 bits per heavy atom. The summed E-state index contributed by atoms with van der Waals surface area (Å²) in [4.78, 5) is 0. The van der Waals surface area contributed by atoms with E-state index in [4.69, 9.17) is 0 Å². The van der Waals surface area contributed by atoms with Crippen LogP contribution in [0.3, 0.4) is 0 Å². The molecule has 1 aromatic rings. The first-order valence-electron chi connectivity index (χ1n) is 7.11. The SMILES string of the molecule is CCC(C)n1nnc(CSC(C)C)c1CSC(C)C. The van der Waals surface area contributed by atoms with Crippen molar-refractivity contribution < 1.29 is 0 Å². The summed E-state index contributed by atoms with van der Waals surface area (Å²) in [5, 5.41) is 10.1. The van der Waals surface area contributed by atoms with Gasteiger partial charge in [-0.3, -0.25) is 0 Å². The van der Waals surface area contributed by atoms with Gasteiger partial charge in [-0.1, -0.05) is 39.8 Å². The van der Waals surface area contributed by atoms with E-state index in [0.29, 0.717) is 16.5 Å². The molecule has 1 aromatic heterocycles. The lowest BCUT2D eigenvalue weighted by molar-refractivity contribution is 0.453. The van der Waals surface area contributed by atoms with Crippen molar-refractivity contribution in [1.82, 2.24) is 15.0 Å². The molecule has 0 N–H and O–H groups in total. The standard InChI is InChI=1S/C14H27N3S2/c1-7-12(6)17-14(9-19-11(4)5)13(15-16-17)8-18-10(2)3/h10-12H,7-9H2,1-6H3. The minimum Gasteiger partial charge on any atom is -0.245 e. The zero-order valence-corrected chi connectivity index (χ0v) is 14.6. The molecule has 0 radical (unpaired) electrons. The van der Waals surface area contributed by atoms with Crippen LogP contribution in [0, 0.1) is 0 Å². The molecule has 1 unspecified atom stereocenters. The second kappa shape index (κ2) is 8.20. The summed E-state index contributed by atoms with van der Waals surface area (Å²) in [6, 6.07) is 0.438. The van der Waals surface area contributed by atoms with E-state index >= 15 is 0 Å². The number of aromatic nitrogens is 3. The van der Waals surface area contributed by atoms with Gasteiger partial charge in [0, 0.05) is 11.5 Å². The quantitative estimate of drug-likeness (QED) is 0.705. The molecule has 0 bridgehead atoms. The third-order valence-corrected chi connectivity index (χ3v) is 5.20. The fourth-order valence-electron chi connectivity index (χ4n) is 1.63. The second-order valence-electron chi connectivity index (χ2n) is 5.40. The van der Waals surface area contributed by atoms with Crippen LogP contribution in [0.2, 0.25) is 0 Å². The van der Waals surface area contributed by atoms with E-state index in [1.165, 1.54) is 11.4 Å². The Morgan fingerprint density at radius 1 is 1.00 bits per heavy atom. The van der Waals surface area contributed by atoms with E-state index in [1.54, 1.807) is 0 Å². The highest BCUT2D eigenvalue weighted by molar-refractivity contribution is 7.99. The average molecular weight is 302 g/mol. The van der Waals surface area contributed by atoms with E-state index in [1.807, 2.05) is 23.5 Å². The number of hydrogen-bond donors (Lipinski definition) is 0. The maximum absolute atomic E-state index is 4.41. The number of hydrogen-bond acceptors (Lipinski definition) is 4. The molecule has 110 valence electrons. The summed E-state index contributed by atoms with van der Waals surface area (Å²) in [5.41, 5.74) is 2.49. The summed E-state index contributed by atoms with van der Waals surface area (Å²) in [5.74, 6) is 1.99. The Kier molecular flexibility index (Phi) is 7.29. The molecule has 0 saturated carbocycles. The topological polar surface area (TPSA) is 30.7 Å². The summed E-state index contributed by atoms with van der Waals surface area (Å²) >= 11 is 3.91. The van der Waals surface area contributed by atoms with Gasteiger partial charge in [0.1, 0.15) is 0 Å². The van der Waals surface area contributed by atoms with Gasteiger partial charge in [-0.2, -0.15) is 23.5 Å². The maximum atomic E-state index is 4.41. The number of nitrogens with zero attached hydrogens (tertiary/aromatic N) is 3. The lowest BCUT2D eigenvalue weighted by Crippen LogP contribution is -2.10. The van der Waals surface area contributed by atoms with Gasteiger partial charge in [-0.15, -0.1) is 5.10 Å². The number of rotatable bonds is 8. The highest BCUT2D eigenvalue weighted by Gasteiger charge is 2.17. The fourth-order valence-corrected chi connectivity index (χ4v) is 3.13. The van der Waals surface area contributed by atoms with Gasteiger partial charge >= 0.3 is 0 Å². The molecule has 1 heterocycles. The number of thioether (sulfide) groups is 2. The molecule has 1 rings (SSSR count). The van der Waals surface area contributed by atoms with Crippen LogP contribution in [0.5, 0.6) is 0 Å². The third-order valence-electron chi connectivity index (χ3n) is 2.99. The molecule has 0 aliphatic carbocycles. The lowest BCUT2D eigenvalue weighted by atomic mass is 10.2. The molecule has 0 aromatic carbocycles. The predicted octanol–water partition coefficient (Wildman–Crippen LogP) is 4.53. The first-order valence-corrected chi connectivity index (χ1v) is 9.21. The molecular formula is C14H27N3S2. The van der Waals surface area contributed by atoms with Gasteiger partial charge in [-0.05, 0) is 23.8 Å². The first kappa shape index (κ1) is 16.9. The zero-order valence-electron chi connectivity index (χ0n) is 13.0. The fraction of sp³-hybridized carbons (Fsp3) is 0.857. The molecule has 0 saturated heterocycles. The highest BCUT2D eigenvalue weighted by atomic mass is 32.2. The van der Waals surface area contributed by atoms with Gasteiger partial charge in [-0.25, -0.2) is 4.68 Å². The van der Waals surface area contributed by atoms with Gasteiger partial charge in [0.05, 0.1) is 17.4 Å². The molecule has 0 fully saturated rings. The molecular weight excluding hydrogens is 274 g/mol. The minimum atomic E-state index is 0.438. The molecule has 3 nitrogen and oxygen atoms in total. The van der Waals surface area contributed by atoms with Crippen molar-refractivity contribution >= 4 is 23.5 Å². The van der Waals surface area contributed by atoms with Crippen molar-refractivity contribution in [1.29, 1.82) is 0 Å². The van der Waals surface area contributed by atoms with E-state index in [9.17, 15) is 0 Å². The summed E-state index contributed by atoms with van der Waals surface area (Å²) < 4.78 is 2.13. The van der Waals surface area contributed by atoms with Gasteiger partial charge in [0.2, 0.25) is 0 Å². The van der Waals surface area contributed by atoms with Crippen molar-refractivity contribution in [2.24, 2.45) is 0 Å². The van der Waals surface area contributed by atoms with Crippen LogP contribution in [0.15, 0.2) is 0 Å². The summed E-state index contributed by atoms with van der Waals surface area (Å²) in [7, 11) is 0. The van der Waals surface area contributed by atoms with E-state index in [0.717, 1.165) is 17.9 Å². The van der Waals surface area contributed by atoms with Crippen molar-refractivity contribution in [3.63, 3.8) is 0 Å². The molecule has 0 amide bonds. The van der Waals surface area contributed by atoms with Gasteiger partial charge < -0.3 is 0 Å². The molecule has 5 heteroatoms. The Bertz CT molecular complexity index is 375. The zero-order chi connectivity index (χ0) is 14.4. The van der Waals surface area contributed by atoms with Crippen LogP contribution in [-0.2, 0) is 11.5 Å². The van der Waals surface area contributed by atoms with Gasteiger partial charge in [0.15, 0.2) is 0 Å². The van der Waals surface area contributed by atoms with Crippen molar-refractivity contribution in [2.45, 2.75) is 76.0 Å². The monoisotopic (exact) mass is 301 g/mol. The van der Waals surface area contributed by atoms with Crippen molar-refractivity contribution in [3.05, 3.63) is 11.4 Å². The smallest absolute Gasteiger partial charge is 0.0966 e. The van der Waals surface area contributed by atoms with Crippen LogP contribution in [0.1, 0.15) is 65.4 Å². The third kappa shape index (κ3) is 5.38. The first-order chi connectivity index (χ1) is 8.95. The van der Waals surface area contributed by atoms with Crippen LogP contribution < -0.4 is 0 Å².